The van der Waals surface area contributed by atoms with E-state index in [9.17, 15) is 37.1 Å². The number of halogens is 4. The molecule has 1 aromatic carbocycles. The van der Waals surface area contributed by atoms with Crippen LogP contribution in [-0.2, 0) is 26.9 Å². The summed E-state index contributed by atoms with van der Waals surface area (Å²) < 4.78 is 56.6. The average molecular weight is 418 g/mol. The highest BCUT2D eigenvalue weighted by Gasteiger charge is 2.35. The van der Waals surface area contributed by atoms with Crippen molar-refractivity contribution in [2.75, 3.05) is 13.2 Å². The molecule has 0 N–H and O–H groups in total. The minimum atomic E-state index is -4.84. The molecule has 1 aromatic rings. The van der Waals surface area contributed by atoms with Gasteiger partial charge in [0, 0.05) is 18.5 Å². The maximum atomic E-state index is 13.8. The molecule has 1 amide bonds. The molecule has 2 rings (SSSR count). The lowest BCUT2D eigenvalue weighted by Gasteiger charge is -2.40. The van der Waals surface area contributed by atoms with Crippen molar-refractivity contribution >= 4 is 17.8 Å². The van der Waals surface area contributed by atoms with Crippen LogP contribution in [0.4, 0.5) is 22.4 Å². The van der Waals surface area contributed by atoms with Crippen molar-refractivity contribution < 1.29 is 41.8 Å². The van der Waals surface area contributed by atoms with Crippen LogP contribution in [0.5, 0.6) is 0 Å². The van der Waals surface area contributed by atoms with Crippen molar-refractivity contribution in [3.05, 3.63) is 35.1 Å². The quantitative estimate of drug-likeness (QED) is 0.402. The summed E-state index contributed by atoms with van der Waals surface area (Å²) in [6.45, 7) is 1.69. The van der Waals surface area contributed by atoms with Crippen LogP contribution in [-0.4, -0.2) is 41.9 Å². The van der Waals surface area contributed by atoms with Crippen molar-refractivity contribution in [3.63, 3.8) is 0 Å². The molecule has 2 atom stereocenters. The summed E-state index contributed by atoms with van der Waals surface area (Å²) in [5, 5.41) is 11.4. The first-order chi connectivity index (χ1) is 13.5. The van der Waals surface area contributed by atoms with E-state index in [0.29, 0.717) is 12.1 Å². The third-order valence-electron chi connectivity index (χ3n) is 4.84. The highest BCUT2D eigenvalue weighted by Crippen LogP contribution is 2.33. The number of benzene rings is 1. The predicted octanol–water partition coefficient (Wildman–Crippen LogP) is 2.33. The molecule has 6 nitrogen and oxygen atoms in total. The van der Waals surface area contributed by atoms with E-state index in [0.717, 1.165) is 11.0 Å². The van der Waals surface area contributed by atoms with E-state index < -0.39 is 53.8 Å². The average Bonchev–Trinajstić information content (AvgIpc) is 2.60. The number of ether oxygens (including phenoxy) is 1. The third kappa shape index (κ3) is 5.91. The molecule has 1 aliphatic rings. The number of piperidine rings is 1. The number of carbonyl (C=O) groups excluding carboxylic acids is 3. The summed E-state index contributed by atoms with van der Waals surface area (Å²) >= 11 is 0. The molecule has 10 heteroatoms. The van der Waals surface area contributed by atoms with Crippen molar-refractivity contribution in [1.82, 2.24) is 4.90 Å². The molecule has 0 aromatic heterocycles. The Balaban J connectivity index is 2.14. The number of likely N-dealkylation sites (tertiary alicyclic amines) is 1. The number of hydrogen-bond donors (Lipinski definition) is 0. The topological polar surface area (TPSA) is 86.7 Å². The number of amides is 1. The highest BCUT2D eigenvalue weighted by atomic mass is 19.4. The van der Waals surface area contributed by atoms with Gasteiger partial charge in [0.15, 0.2) is 0 Å². The molecule has 0 bridgehead atoms. The van der Waals surface area contributed by atoms with Crippen LogP contribution >= 0.6 is 0 Å². The number of rotatable bonds is 6. The van der Waals surface area contributed by atoms with Gasteiger partial charge in [-0.05, 0) is 43.9 Å². The van der Waals surface area contributed by atoms with E-state index in [4.69, 9.17) is 4.74 Å². The second kappa shape index (κ2) is 9.23. The summed E-state index contributed by atoms with van der Waals surface area (Å²) in [7, 11) is 0. The smallest absolute Gasteiger partial charge is 0.419 e. The van der Waals surface area contributed by atoms with E-state index in [1.165, 1.54) is 0 Å². The van der Waals surface area contributed by atoms with E-state index >= 15 is 0 Å². The van der Waals surface area contributed by atoms with Crippen LogP contribution in [0.1, 0.15) is 37.3 Å². The third-order valence-corrected chi connectivity index (χ3v) is 4.84. The van der Waals surface area contributed by atoms with Crippen molar-refractivity contribution in [3.8, 4) is 0 Å². The Kier molecular flexibility index (Phi) is 7.21. The van der Waals surface area contributed by atoms with Crippen molar-refractivity contribution in [2.45, 2.75) is 44.8 Å². The Labute approximate surface area is 164 Å². The van der Waals surface area contributed by atoms with Crippen LogP contribution in [0.2, 0.25) is 0 Å². The first-order valence-corrected chi connectivity index (χ1v) is 9.04. The first-order valence-electron chi connectivity index (χ1n) is 9.04. The van der Waals surface area contributed by atoms with Gasteiger partial charge in [0.1, 0.15) is 24.1 Å². The van der Waals surface area contributed by atoms with Gasteiger partial charge in [0.25, 0.3) is 0 Å². The molecule has 0 saturated carbocycles. The summed E-state index contributed by atoms with van der Waals surface area (Å²) in [5.41, 5.74) is -1.26. The molecule has 29 heavy (non-hydrogen) atoms. The molecule has 0 spiro atoms. The van der Waals surface area contributed by atoms with Crippen LogP contribution in [0.15, 0.2) is 18.2 Å². The zero-order valence-electron chi connectivity index (χ0n) is 15.6. The molecular weight excluding hydrogens is 398 g/mol. The number of carbonyl (C=O) groups is 3. The number of nitrogens with zero attached hydrogens (tertiary/aromatic N) is 1. The number of hydrogen-bond acceptors (Lipinski definition) is 5. The van der Waals surface area contributed by atoms with Crippen LogP contribution in [0.3, 0.4) is 0 Å². The second-order valence-corrected chi connectivity index (χ2v) is 6.80. The molecule has 1 aliphatic heterocycles. The van der Waals surface area contributed by atoms with Gasteiger partial charge in [-0.2, -0.15) is 13.2 Å². The summed E-state index contributed by atoms with van der Waals surface area (Å²) in [4.78, 5) is 36.2. The Bertz CT molecular complexity index is 780. The summed E-state index contributed by atoms with van der Waals surface area (Å²) in [6, 6.07) is 1.59. The van der Waals surface area contributed by atoms with Crippen LogP contribution < -0.4 is 5.11 Å². The number of carboxylic acid groups (broad SMARTS) is 1. The van der Waals surface area contributed by atoms with Crippen LogP contribution in [0, 0.1) is 11.7 Å². The number of ketones is 1. The minimum Gasteiger partial charge on any atom is -0.530 e. The van der Waals surface area contributed by atoms with Gasteiger partial charge in [-0.15, -0.1) is 0 Å². The Morgan fingerprint density at radius 3 is 2.52 bits per heavy atom. The second-order valence-electron chi connectivity index (χ2n) is 6.80. The fourth-order valence-electron chi connectivity index (χ4n) is 3.46. The summed E-state index contributed by atoms with van der Waals surface area (Å²) in [6.07, 6.45) is -6.62. The van der Waals surface area contributed by atoms with Gasteiger partial charge >= 0.3 is 12.1 Å². The van der Waals surface area contributed by atoms with E-state index in [-0.39, 0.29) is 38.0 Å². The maximum Gasteiger partial charge on any atom is 0.419 e. The fraction of sp³-hybridized carbons (Fsp3) is 0.526. The van der Waals surface area contributed by atoms with Gasteiger partial charge in [-0.25, -0.2) is 4.39 Å². The largest absolute Gasteiger partial charge is 0.530 e. The first kappa shape index (κ1) is 22.6. The van der Waals surface area contributed by atoms with Crippen LogP contribution in [0.25, 0.3) is 0 Å². The Morgan fingerprint density at radius 1 is 1.28 bits per heavy atom. The van der Waals surface area contributed by atoms with E-state index in [1.54, 1.807) is 6.92 Å². The standard InChI is InChI=1S/C19H21F4NO5/c1-2-29-17(26)10-16(25)12-5-6-24(18(27)28)13(9-12)7-11-3-4-14(15(20)8-11)19(21,22)23/h3-4,8,12-13H,2,5-7,9-10H2,1H3,(H,27,28)/p-1/t12-,13+/m1/s1. The van der Waals surface area contributed by atoms with E-state index in [1.807, 2.05) is 0 Å². The maximum absolute atomic E-state index is 13.8. The van der Waals surface area contributed by atoms with Gasteiger partial charge in [0.05, 0.1) is 12.2 Å². The lowest BCUT2D eigenvalue weighted by atomic mass is 9.84. The molecule has 0 unspecified atom stereocenters. The SMILES string of the molecule is CCOC(=O)CC(=O)[C@@H]1CCN(C(=O)[O-])[C@@H](Cc2ccc(C(F)(F)F)c(F)c2)C1. The lowest BCUT2D eigenvalue weighted by molar-refractivity contribution is -0.269. The zero-order valence-corrected chi connectivity index (χ0v) is 15.6. The molecule has 0 radical (unpaired) electrons. The highest BCUT2D eigenvalue weighted by molar-refractivity contribution is 5.96. The molecule has 1 fully saturated rings. The fourth-order valence-corrected chi connectivity index (χ4v) is 3.46. The zero-order chi connectivity index (χ0) is 21.8. The number of esters is 1. The molecule has 1 saturated heterocycles. The van der Waals surface area contributed by atoms with Crippen molar-refractivity contribution in [1.29, 1.82) is 0 Å². The predicted molar refractivity (Wildman–Crippen MR) is 90.0 cm³/mol. The Hall–Kier alpha value is -2.65. The number of Topliss-reactive ketones (excluding diaryl/α,β-unsaturated/α-hetero) is 1. The number of alkyl halides is 3. The monoisotopic (exact) mass is 418 g/mol. The summed E-state index contributed by atoms with van der Waals surface area (Å²) in [5.74, 6) is -3.15. The molecule has 0 aliphatic carbocycles. The molecular formula is C19H20F4NO5-. The minimum absolute atomic E-state index is 0.0324. The van der Waals surface area contributed by atoms with Crippen molar-refractivity contribution in [2.24, 2.45) is 5.92 Å². The molecule has 1 heterocycles. The Morgan fingerprint density at radius 2 is 1.97 bits per heavy atom. The molecule has 160 valence electrons. The van der Waals surface area contributed by atoms with Gasteiger partial charge < -0.3 is 19.5 Å². The van der Waals surface area contributed by atoms with Gasteiger partial charge in [-0.3, -0.25) is 9.59 Å². The lowest BCUT2D eigenvalue weighted by Crippen LogP contribution is -2.53. The van der Waals surface area contributed by atoms with Gasteiger partial charge in [0.2, 0.25) is 0 Å². The van der Waals surface area contributed by atoms with Gasteiger partial charge in [-0.1, -0.05) is 6.07 Å². The normalized spacial score (nSPS) is 19.7. The van der Waals surface area contributed by atoms with E-state index in [2.05, 4.69) is 0 Å².